The molecule has 21 heavy (non-hydrogen) atoms. The van der Waals surface area contributed by atoms with Gasteiger partial charge in [0.15, 0.2) is 0 Å². The molecule has 1 aromatic rings. The van der Waals surface area contributed by atoms with Gasteiger partial charge in [-0.05, 0) is 12.0 Å². The normalized spacial score (nSPS) is 18.0. The fraction of sp³-hybridized carbons (Fsp3) is 0.625. The Bertz CT molecular complexity index is 381. The molecule has 0 unspecified atom stereocenters. The van der Waals surface area contributed by atoms with E-state index in [1.165, 1.54) is 5.56 Å². The smallest absolute Gasteiger partial charge is 0.0594 e. The Labute approximate surface area is 128 Å². The highest BCUT2D eigenvalue weighted by molar-refractivity contribution is 5.15. The average molecular weight is 292 g/mol. The van der Waals surface area contributed by atoms with Crippen molar-refractivity contribution in [3.8, 4) is 0 Å². The number of rotatable bonds is 8. The predicted octanol–water partition coefficient (Wildman–Crippen LogP) is 0.325. The van der Waals surface area contributed by atoms with E-state index in [1.807, 2.05) is 6.07 Å². The summed E-state index contributed by atoms with van der Waals surface area (Å²) in [6, 6.07) is 10.5. The minimum Gasteiger partial charge on any atom is -0.379 e. The molecule has 118 valence electrons. The number of likely N-dealkylation sites (N-methyl/N-ethyl adjacent to an activating group) is 1. The first kappa shape index (κ1) is 16.4. The number of nitrogens with one attached hydrogen (secondary N) is 1. The molecule has 0 saturated carbocycles. The number of nitrogens with two attached hydrogens (primary N) is 1. The average Bonchev–Trinajstić information content (AvgIpc) is 2.53. The van der Waals surface area contributed by atoms with Crippen LogP contribution in [0.3, 0.4) is 0 Å². The highest BCUT2D eigenvalue weighted by Gasteiger charge is 2.11. The summed E-state index contributed by atoms with van der Waals surface area (Å²) in [5.74, 6) is 0. The molecule has 5 heteroatoms. The monoisotopic (exact) mass is 292 g/mol. The Morgan fingerprint density at radius 1 is 1.29 bits per heavy atom. The minimum atomic E-state index is 0.137. The molecule has 3 N–H and O–H groups in total. The van der Waals surface area contributed by atoms with Gasteiger partial charge in [-0.25, -0.2) is 5.01 Å². The molecule has 1 atom stereocenters. The second-order valence-corrected chi connectivity index (χ2v) is 5.69. The molecule has 1 aliphatic rings. The van der Waals surface area contributed by atoms with E-state index < -0.39 is 0 Å². The zero-order valence-electron chi connectivity index (χ0n) is 13.0. The Kier molecular flexibility index (Phi) is 7.12. The Morgan fingerprint density at radius 3 is 2.71 bits per heavy atom. The summed E-state index contributed by atoms with van der Waals surface area (Å²) in [7, 11) is 2.08. The highest BCUT2D eigenvalue weighted by atomic mass is 16.5. The molecule has 1 aromatic carbocycles. The van der Waals surface area contributed by atoms with Crippen molar-refractivity contribution in [3.63, 3.8) is 0 Å². The van der Waals surface area contributed by atoms with Crippen molar-refractivity contribution in [3.05, 3.63) is 35.9 Å². The molecule has 1 heterocycles. The maximum atomic E-state index is 6.18. The van der Waals surface area contributed by atoms with Crippen molar-refractivity contribution in [2.24, 2.45) is 5.73 Å². The number of benzene rings is 1. The molecule has 1 saturated heterocycles. The van der Waals surface area contributed by atoms with Crippen molar-refractivity contribution in [1.29, 1.82) is 0 Å². The third kappa shape index (κ3) is 6.54. The van der Waals surface area contributed by atoms with E-state index in [1.54, 1.807) is 0 Å². The summed E-state index contributed by atoms with van der Waals surface area (Å²) in [6.07, 6.45) is 0.908. The Balaban J connectivity index is 1.58. The van der Waals surface area contributed by atoms with E-state index in [2.05, 4.69) is 46.6 Å². The first-order valence-electron chi connectivity index (χ1n) is 7.78. The lowest BCUT2D eigenvalue weighted by Crippen LogP contribution is -2.47. The molecule has 0 spiro atoms. The largest absolute Gasteiger partial charge is 0.379 e. The van der Waals surface area contributed by atoms with Gasteiger partial charge >= 0.3 is 0 Å². The summed E-state index contributed by atoms with van der Waals surface area (Å²) in [4.78, 5) is 2.44. The van der Waals surface area contributed by atoms with Crippen LogP contribution >= 0.6 is 0 Å². The second kappa shape index (κ2) is 9.12. The summed E-state index contributed by atoms with van der Waals surface area (Å²) < 4.78 is 5.35. The first-order chi connectivity index (χ1) is 10.2. The summed E-state index contributed by atoms with van der Waals surface area (Å²) in [5.41, 5.74) is 10.9. The maximum absolute atomic E-state index is 6.18. The summed E-state index contributed by atoms with van der Waals surface area (Å²) in [5, 5.41) is 2.14. The molecule has 1 aliphatic heterocycles. The van der Waals surface area contributed by atoms with Crippen LogP contribution in [0.4, 0.5) is 0 Å². The van der Waals surface area contributed by atoms with Gasteiger partial charge in [-0.1, -0.05) is 30.3 Å². The third-order valence-electron chi connectivity index (χ3n) is 3.82. The zero-order chi connectivity index (χ0) is 14.9. The van der Waals surface area contributed by atoms with Gasteiger partial charge in [0.25, 0.3) is 0 Å². The summed E-state index contributed by atoms with van der Waals surface area (Å²) in [6.45, 7) is 6.67. The van der Waals surface area contributed by atoms with Crippen molar-refractivity contribution in [1.82, 2.24) is 15.3 Å². The van der Waals surface area contributed by atoms with Gasteiger partial charge in [0.1, 0.15) is 0 Å². The van der Waals surface area contributed by atoms with Crippen LogP contribution in [0, 0.1) is 0 Å². The van der Waals surface area contributed by atoms with Gasteiger partial charge < -0.3 is 10.5 Å². The van der Waals surface area contributed by atoms with E-state index in [-0.39, 0.29) is 6.04 Å². The molecule has 0 radical (unpaired) electrons. The van der Waals surface area contributed by atoms with Gasteiger partial charge in [0.05, 0.1) is 13.2 Å². The number of morpholine rings is 1. The molecule has 0 bridgehead atoms. The van der Waals surface area contributed by atoms with Gasteiger partial charge in [-0.15, -0.1) is 0 Å². The highest BCUT2D eigenvalue weighted by Crippen LogP contribution is 2.01. The number of ether oxygens (including phenoxy) is 1. The van der Waals surface area contributed by atoms with Crippen LogP contribution in [0.15, 0.2) is 30.3 Å². The van der Waals surface area contributed by atoms with Crippen LogP contribution in [0.2, 0.25) is 0 Å². The van der Waals surface area contributed by atoms with Crippen molar-refractivity contribution in [2.75, 3.05) is 53.0 Å². The van der Waals surface area contributed by atoms with E-state index in [9.17, 15) is 0 Å². The Hall–Kier alpha value is -0.980. The van der Waals surface area contributed by atoms with Crippen molar-refractivity contribution >= 4 is 0 Å². The lowest BCUT2D eigenvalue weighted by molar-refractivity contribution is 0.0320. The molecule has 0 amide bonds. The van der Waals surface area contributed by atoms with E-state index in [0.717, 1.165) is 52.4 Å². The van der Waals surface area contributed by atoms with Gasteiger partial charge in [0.2, 0.25) is 0 Å². The quantitative estimate of drug-likeness (QED) is 0.676. The lowest BCUT2D eigenvalue weighted by Gasteiger charge is -2.29. The standard InChI is InChI=1S/C16H28N4O/c1-19(7-8-20-9-11-21-12-10-20)18-14-16(17)13-15-5-3-2-4-6-15/h2-6,16,18H,7-14,17H2,1H3/t16-/m1/s1. The van der Waals surface area contributed by atoms with Crippen LogP contribution in [-0.4, -0.2) is 68.9 Å². The number of hydrogen-bond acceptors (Lipinski definition) is 5. The summed E-state index contributed by atoms with van der Waals surface area (Å²) >= 11 is 0. The molecule has 0 aliphatic carbocycles. The van der Waals surface area contributed by atoms with E-state index in [4.69, 9.17) is 10.5 Å². The van der Waals surface area contributed by atoms with Crippen LogP contribution < -0.4 is 11.2 Å². The first-order valence-corrected chi connectivity index (χ1v) is 7.78. The van der Waals surface area contributed by atoms with Gasteiger partial charge in [0, 0.05) is 45.8 Å². The number of nitrogens with zero attached hydrogens (tertiary/aromatic N) is 2. The van der Waals surface area contributed by atoms with Crippen LogP contribution in [0.5, 0.6) is 0 Å². The van der Waals surface area contributed by atoms with Crippen LogP contribution in [0.1, 0.15) is 5.56 Å². The van der Waals surface area contributed by atoms with Gasteiger partial charge in [-0.3, -0.25) is 10.3 Å². The van der Waals surface area contributed by atoms with Crippen LogP contribution in [0.25, 0.3) is 0 Å². The second-order valence-electron chi connectivity index (χ2n) is 5.69. The zero-order valence-corrected chi connectivity index (χ0v) is 13.0. The molecular formula is C16H28N4O. The fourth-order valence-electron chi connectivity index (χ4n) is 2.46. The molecule has 2 rings (SSSR count). The maximum Gasteiger partial charge on any atom is 0.0594 e. The number of hydrazine groups is 1. The fourth-order valence-corrected chi connectivity index (χ4v) is 2.46. The van der Waals surface area contributed by atoms with E-state index >= 15 is 0 Å². The van der Waals surface area contributed by atoms with Crippen LogP contribution in [-0.2, 0) is 11.2 Å². The molecule has 0 aromatic heterocycles. The Morgan fingerprint density at radius 2 is 2.00 bits per heavy atom. The topological polar surface area (TPSA) is 53.8 Å². The van der Waals surface area contributed by atoms with Crippen molar-refractivity contribution < 1.29 is 4.74 Å². The third-order valence-corrected chi connectivity index (χ3v) is 3.82. The van der Waals surface area contributed by atoms with Crippen molar-refractivity contribution in [2.45, 2.75) is 12.5 Å². The minimum absolute atomic E-state index is 0.137. The lowest BCUT2D eigenvalue weighted by atomic mass is 10.1. The molecular weight excluding hydrogens is 264 g/mol. The van der Waals surface area contributed by atoms with E-state index in [0.29, 0.717) is 0 Å². The molecule has 1 fully saturated rings. The number of hydrogen-bond donors (Lipinski definition) is 2. The molecule has 5 nitrogen and oxygen atoms in total. The predicted molar refractivity (Wildman–Crippen MR) is 86.0 cm³/mol. The SMILES string of the molecule is CN(CCN1CCOCC1)NC[C@H](N)Cc1ccccc1. The van der Waals surface area contributed by atoms with Gasteiger partial charge in [-0.2, -0.15) is 0 Å².